The van der Waals surface area contributed by atoms with Crippen LogP contribution < -0.4 is 14.4 Å². The number of amides is 1. The van der Waals surface area contributed by atoms with Crippen molar-refractivity contribution in [1.29, 1.82) is 0 Å². The zero-order valence-corrected chi connectivity index (χ0v) is 18.8. The molecule has 0 aliphatic carbocycles. The standard InChI is InChI=1S/C20H29N5O4S/c1-13(2)12-29-17-8-9-25(22-17)16-7-6-15(19(26)23-30(27)28)18(21-16)24-11-14(3)10-20(24,4)5/h6-9,13-14,30H,10-12H2,1-5H3,(H,23,26,27,28)/t14-/m0/s1. The molecule has 2 aromatic heterocycles. The second-order valence-electron chi connectivity index (χ2n) is 8.77. The fourth-order valence-electron chi connectivity index (χ4n) is 3.82. The topological polar surface area (TPSA) is 106 Å². The minimum atomic E-state index is -3.06. The Morgan fingerprint density at radius 1 is 1.33 bits per heavy atom. The van der Waals surface area contributed by atoms with E-state index in [-0.39, 0.29) is 11.1 Å². The van der Waals surface area contributed by atoms with E-state index in [4.69, 9.17) is 9.72 Å². The third-order valence-corrected chi connectivity index (χ3v) is 5.38. The minimum Gasteiger partial charge on any atom is -0.476 e. The summed E-state index contributed by atoms with van der Waals surface area (Å²) in [6.45, 7) is 11.7. The molecule has 2 aromatic rings. The van der Waals surface area contributed by atoms with Gasteiger partial charge in [-0.25, -0.2) is 18.1 Å². The fourth-order valence-corrected chi connectivity index (χ4v) is 4.10. The van der Waals surface area contributed by atoms with Crippen molar-refractivity contribution < 1.29 is 17.9 Å². The van der Waals surface area contributed by atoms with Crippen LogP contribution in [0.2, 0.25) is 0 Å². The summed E-state index contributed by atoms with van der Waals surface area (Å²) in [6, 6.07) is 4.98. The van der Waals surface area contributed by atoms with Crippen LogP contribution in [-0.2, 0) is 10.9 Å². The van der Waals surface area contributed by atoms with Crippen molar-refractivity contribution in [2.24, 2.45) is 11.8 Å². The van der Waals surface area contributed by atoms with Gasteiger partial charge in [-0.1, -0.05) is 20.8 Å². The Bertz CT molecular complexity index is 991. The molecule has 1 aliphatic rings. The molecule has 164 valence electrons. The first-order chi connectivity index (χ1) is 14.1. The van der Waals surface area contributed by atoms with Gasteiger partial charge >= 0.3 is 0 Å². The third kappa shape index (κ3) is 4.92. The number of nitrogens with zero attached hydrogens (tertiary/aromatic N) is 4. The maximum atomic E-state index is 12.5. The van der Waals surface area contributed by atoms with E-state index in [1.807, 2.05) is 4.72 Å². The van der Waals surface area contributed by atoms with Crippen molar-refractivity contribution in [2.45, 2.75) is 46.6 Å². The molecule has 0 saturated carbocycles. The summed E-state index contributed by atoms with van der Waals surface area (Å²) in [4.78, 5) is 19.3. The van der Waals surface area contributed by atoms with E-state index in [2.05, 4.69) is 44.6 Å². The van der Waals surface area contributed by atoms with Crippen LogP contribution in [-0.4, -0.2) is 47.8 Å². The smallest absolute Gasteiger partial charge is 0.268 e. The quantitative estimate of drug-likeness (QED) is 0.642. The zero-order valence-electron chi connectivity index (χ0n) is 18.0. The maximum Gasteiger partial charge on any atom is 0.268 e. The Kier molecular flexibility index (Phi) is 6.35. The number of anilines is 1. The molecule has 3 rings (SSSR count). The number of ether oxygens (including phenoxy) is 1. The molecule has 1 aliphatic heterocycles. The van der Waals surface area contributed by atoms with Crippen LogP contribution in [0.4, 0.5) is 5.82 Å². The van der Waals surface area contributed by atoms with Crippen LogP contribution in [0.5, 0.6) is 5.88 Å². The van der Waals surface area contributed by atoms with E-state index in [1.165, 1.54) is 0 Å². The summed E-state index contributed by atoms with van der Waals surface area (Å²) in [5.41, 5.74) is -0.0152. The summed E-state index contributed by atoms with van der Waals surface area (Å²) in [7, 11) is -3.06. The number of rotatable bonds is 7. The Balaban J connectivity index is 2.00. The van der Waals surface area contributed by atoms with Crippen LogP contribution in [0.15, 0.2) is 24.4 Å². The Labute approximate surface area is 178 Å². The van der Waals surface area contributed by atoms with E-state index in [0.717, 1.165) is 13.0 Å². The molecule has 0 unspecified atom stereocenters. The maximum absolute atomic E-state index is 12.5. The molecule has 0 radical (unpaired) electrons. The van der Waals surface area contributed by atoms with Crippen LogP contribution in [0.25, 0.3) is 5.82 Å². The molecule has 0 bridgehead atoms. The van der Waals surface area contributed by atoms with Crippen LogP contribution >= 0.6 is 0 Å². The summed E-state index contributed by atoms with van der Waals surface area (Å²) >= 11 is 0. The van der Waals surface area contributed by atoms with Gasteiger partial charge in [-0.2, -0.15) is 0 Å². The largest absolute Gasteiger partial charge is 0.476 e. The first-order valence-corrected chi connectivity index (χ1v) is 11.2. The minimum absolute atomic E-state index is 0.212. The van der Waals surface area contributed by atoms with Gasteiger partial charge in [-0.05, 0) is 44.2 Å². The highest BCUT2D eigenvalue weighted by Crippen LogP contribution is 2.37. The molecule has 9 nitrogen and oxygen atoms in total. The summed E-state index contributed by atoms with van der Waals surface area (Å²) in [5.74, 6) is 1.55. The molecule has 3 heterocycles. The molecule has 30 heavy (non-hydrogen) atoms. The first-order valence-electron chi connectivity index (χ1n) is 9.99. The number of pyridine rings is 1. The zero-order chi connectivity index (χ0) is 22.1. The fraction of sp³-hybridized carbons (Fsp3) is 0.550. The lowest BCUT2D eigenvalue weighted by molar-refractivity contribution is 0.0982. The van der Waals surface area contributed by atoms with Gasteiger partial charge in [0.15, 0.2) is 5.82 Å². The number of thiol groups is 1. The SMILES string of the molecule is CC(C)COc1ccn(-c2ccc(C(=O)N[SH](=O)=O)c(N3C[C@@H](C)CC3(C)C)n2)n1. The normalized spacial score (nSPS) is 18.2. The van der Waals surface area contributed by atoms with Gasteiger partial charge < -0.3 is 9.64 Å². The Morgan fingerprint density at radius 3 is 2.67 bits per heavy atom. The number of aromatic nitrogens is 3. The molecule has 1 amide bonds. The Morgan fingerprint density at radius 2 is 2.07 bits per heavy atom. The van der Waals surface area contributed by atoms with Crippen LogP contribution in [0.3, 0.4) is 0 Å². The lowest BCUT2D eigenvalue weighted by atomic mass is 9.97. The number of nitrogens with one attached hydrogen (secondary N) is 1. The molecule has 0 aromatic carbocycles. The summed E-state index contributed by atoms with van der Waals surface area (Å²) < 4.78 is 31.3. The van der Waals surface area contributed by atoms with E-state index >= 15 is 0 Å². The summed E-state index contributed by atoms with van der Waals surface area (Å²) in [6.07, 6.45) is 2.68. The predicted octanol–water partition coefficient (Wildman–Crippen LogP) is 2.18. The van der Waals surface area contributed by atoms with Crippen molar-refractivity contribution >= 4 is 22.6 Å². The molecule has 1 atom stereocenters. The molecule has 0 spiro atoms. The van der Waals surface area contributed by atoms with Crippen molar-refractivity contribution in [2.75, 3.05) is 18.1 Å². The second kappa shape index (κ2) is 8.63. The van der Waals surface area contributed by atoms with E-state index in [9.17, 15) is 13.2 Å². The highest BCUT2D eigenvalue weighted by atomic mass is 32.2. The molecule has 10 heteroatoms. The second-order valence-corrected chi connectivity index (χ2v) is 9.51. The van der Waals surface area contributed by atoms with Gasteiger partial charge in [0.25, 0.3) is 5.91 Å². The average molecular weight is 436 g/mol. The van der Waals surface area contributed by atoms with E-state index in [1.54, 1.807) is 29.1 Å². The predicted molar refractivity (Wildman–Crippen MR) is 115 cm³/mol. The number of carbonyl (C=O) groups is 1. The highest BCUT2D eigenvalue weighted by Gasteiger charge is 2.39. The molecule has 1 fully saturated rings. The highest BCUT2D eigenvalue weighted by molar-refractivity contribution is 7.71. The first kappa shape index (κ1) is 22.1. The van der Waals surface area contributed by atoms with Gasteiger partial charge in [0.1, 0.15) is 5.82 Å². The van der Waals surface area contributed by atoms with Gasteiger partial charge in [-0.15, -0.1) is 5.10 Å². The molecular weight excluding hydrogens is 406 g/mol. The molecule has 1 saturated heterocycles. The van der Waals surface area contributed by atoms with Crippen LogP contribution in [0.1, 0.15) is 51.4 Å². The Hall–Kier alpha value is -2.62. The van der Waals surface area contributed by atoms with Gasteiger partial charge in [0, 0.05) is 24.3 Å². The van der Waals surface area contributed by atoms with Crippen molar-refractivity contribution in [1.82, 2.24) is 19.5 Å². The number of hydrogen-bond donors (Lipinski definition) is 2. The lowest BCUT2D eigenvalue weighted by Gasteiger charge is -2.33. The van der Waals surface area contributed by atoms with E-state index in [0.29, 0.717) is 36.0 Å². The third-order valence-electron chi connectivity index (χ3n) is 4.99. The van der Waals surface area contributed by atoms with Crippen molar-refractivity contribution in [3.8, 4) is 11.7 Å². The lowest BCUT2D eigenvalue weighted by Crippen LogP contribution is -2.40. The van der Waals surface area contributed by atoms with Gasteiger partial charge in [0.2, 0.25) is 16.8 Å². The monoisotopic (exact) mass is 435 g/mol. The molecule has 1 N–H and O–H groups in total. The average Bonchev–Trinajstić information content (AvgIpc) is 3.22. The number of hydrogen-bond acceptors (Lipinski definition) is 7. The summed E-state index contributed by atoms with van der Waals surface area (Å²) in [5, 5.41) is 4.41. The van der Waals surface area contributed by atoms with Crippen molar-refractivity contribution in [3.63, 3.8) is 0 Å². The van der Waals surface area contributed by atoms with Gasteiger partial charge in [-0.3, -0.25) is 9.52 Å². The molecular formula is C20H29N5O4S. The van der Waals surface area contributed by atoms with Gasteiger partial charge in [0.05, 0.1) is 12.2 Å². The van der Waals surface area contributed by atoms with Crippen LogP contribution in [0, 0.1) is 11.8 Å². The van der Waals surface area contributed by atoms with E-state index < -0.39 is 16.8 Å². The number of carbonyl (C=O) groups excluding carboxylic acids is 1. The van der Waals surface area contributed by atoms with Crippen molar-refractivity contribution in [3.05, 3.63) is 30.0 Å².